The van der Waals surface area contributed by atoms with Gasteiger partial charge in [0.1, 0.15) is 5.69 Å². The molecule has 1 saturated heterocycles. The van der Waals surface area contributed by atoms with Gasteiger partial charge >= 0.3 is 0 Å². The summed E-state index contributed by atoms with van der Waals surface area (Å²) in [7, 11) is 0. The zero-order valence-electron chi connectivity index (χ0n) is 21.8. The molecule has 0 bridgehead atoms. The first-order chi connectivity index (χ1) is 17.4. The van der Waals surface area contributed by atoms with Gasteiger partial charge < -0.3 is 4.90 Å². The molecule has 4 aromatic rings. The lowest BCUT2D eigenvalue weighted by molar-refractivity contribution is 0.0681. The molecule has 0 saturated carbocycles. The van der Waals surface area contributed by atoms with Crippen LogP contribution in [0.25, 0.3) is 16.9 Å². The van der Waals surface area contributed by atoms with Gasteiger partial charge in [-0.05, 0) is 93.3 Å². The van der Waals surface area contributed by atoms with Gasteiger partial charge in [0.15, 0.2) is 0 Å². The van der Waals surface area contributed by atoms with Crippen LogP contribution in [0.1, 0.15) is 51.1 Å². The molecule has 1 amide bonds. The van der Waals surface area contributed by atoms with Crippen molar-refractivity contribution >= 4 is 5.91 Å². The number of benzene rings is 3. The van der Waals surface area contributed by atoms with E-state index < -0.39 is 0 Å². The zero-order valence-corrected chi connectivity index (χ0v) is 21.8. The molecule has 4 nitrogen and oxygen atoms in total. The maximum Gasteiger partial charge on any atom is 0.272 e. The fraction of sp³-hybridized carbons (Fsp3) is 0.312. The molecule has 0 spiro atoms. The number of amides is 1. The van der Waals surface area contributed by atoms with Crippen molar-refractivity contribution in [2.24, 2.45) is 5.92 Å². The summed E-state index contributed by atoms with van der Waals surface area (Å²) in [5, 5.41) is 4.97. The highest BCUT2D eigenvalue weighted by Crippen LogP contribution is 2.28. The molecule has 3 aromatic carbocycles. The molecule has 5 rings (SSSR count). The van der Waals surface area contributed by atoms with E-state index in [2.05, 4.69) is 94.4 Å². The van der Waals surface area contributed by atoms with Gasteiger partial charge in [-0.1, -0.05) is 60.2 Å². The fourth-order valence-electron chi connectivity index (χ4n) is 5.25. The van der Waals surface area contributed by atoms with Gasteiger partial charge in [-0.3, -0.25) is 4.79 Å². The number of nitrogens with zero attached hydrogens (tertiary/aromatic N) is 3. The van der Waals surface area contributed by atoms with Gasteiger partial charge in [0.05, 0.1) is 11.4 Å². The highest BCUT2D eigenvalue weighted by molar-refractivity contribution is 5.94. The third kappa shape index (κ3) is 4.99. The SMILES string of the molecule is Cc1ccc(-n2nc(-c3ccc(C)c(C)c3)cc2C(=O)N2CCC(Cc3ccccc3)CC2)c(C)c1. The predicted octanol–water partition coefficient (Wildman–Crippen LogP) is 6.87. The molecule has 0 aliphatic carbocycles. The molecular formula is C32H35N3O. The standard InChI is InChI=1S/C32H35N3O/c1-22-10-13-30(25(4)18-22)35-31(21-29(33-35)28-12-11-23(2)24(3)19-28)32(36)34-16-14-27(15-17-34)20-26-8-6-5-7-9-26/h5-13,18-19,21,27H,14-17,20H2,1-4H3. The monoisotopic (exact) mass is 477 g/mol. The average molecular weight is 478 g/mol. The number of hydrogen-bond donors (Lipinski definition) is 0. The Morgan fingerprint density at radius 1 is 0.833 bits per heavy atom. The number of likely N-dealkylation sites (tertiary alicyclic amines) is 1. The molecule has 1 fully saturated rings. The zero-order chi connectivity index (χ0) is 25.2. The minimum Gasteiger partial charge on any atom is -0.337 e. The molecular weight excluding hydrogens is 442 g/mol. The topological polar surface area (TPSA) is 38.1 Å². The second kappa shape index (κ2) is 10.1. The lowest BCUT2D eigenvalue weighted by Gasteiger charge is -2.32. The molecule has 0 atom stereocenters. The number of aromatic nitrogens is 2. The Morgan fingerprint density at radius 3 is 2.28 bits per heavy atom. The van der Waals surface area contributed by atoms with Crippen LogP contribution in [0.2, 0.25) is 0 Å². The summed E-state index contributed by atoms with van der Waals surface area (Å²) < 4.78 is 1.86. The molecule has 1 aliphatic heterocycles. The Bertz CT molecular complexity index is 1380. The number of piperidine rings is 1. The molecule has 2 heterocycles. The normalized spacial score (nSPS) is 14.3. The van der Waals surface area contributed by atoms with Crippen LogP contribution >= 0.6 is 0 Å². The van der Waals surface area contributed by atoms with Crippen molar-refractivity contribution in [2.45, 2.75) is 47.0 Å². The van der Waals surface area contributed by atoms with Gasteiger partial charge in [-0.2, -0.15) is 5.10 Å². The summed E-state index contributed by atoms with van der Waals surface area (Å²) in [5.41, 5.74) is 9.64. The lowest BCUT2D eigenvalue weighted by atomic mass is 9.90. The quantitative estimate of drug-likeness (QED) is 0.315. The van der Waals surface area contributed by atoms with Crippen molar-refractivity contribution in [3.05, 3.63) is 106 Å². The van der Waals surface area contributed by atoms with Crippen LogP contribution in [0, 0.1) is 33.6 Å². The minimum absolute atomic E-state index is 0.0655. The van der Waals surface area contributed by atoms with E-state index in [9.17, 15) is 4.79 Å². The smallest absolute Gasteiger partial charge is 0.272 e. The first kappa shape index (κ1) is 24.1. The largest absolute Gasteiger partial charge is 0.337 e. The van der Waals surface area contributed by atoms with E-state index in [1.54, 1.807) is 0 Å². The van der Waals surface area contributed by atoms with Gasteiger partial charge in [0, 0.05) is 18.7 Å². The highest BCUT2D eigenvalue weighted by Gasteiger charge is 2.27. The molecule has 36 heavy (non-hydrogen) atoms. The summed E-state index contributed by atoms with van der Waals surface area (Å²) in [6.07, 6.45) is 3.14. The van der Waals surface area contributed by atoms with E-state index >= 15 is 0 Å². The minimum atomic E-state index is 0.0655. The molecule has 4 heteroatoms. The lowest BCUT2D eigenvalue weighted by Crippen LogP contribution is -2.39. The maximum atomic E-state index is 13.9. The van der Waals surface area contributed by atoms with E-state index in [1.807, 2.05) is 15.6 Å². The van der Waals surface area contributed by atoms with Crippen molar-refractivity contribution < 1.29 is 4.79 Å². The van der Waals surface area contributed by atoms with Crippen LogP contribution in [0.3, 0.4) is 0 Å². The van der Waals surface area contributed by atoms with Crippen molar-refractivity contribution in [3.8, 4) is 16.9 Å². The molecule has 1 aromatic heterocycles. The molecule has 1 aliphatic rings. The maximum absolute atomic E-state index is 13.9. The Labute approximate surface area is 214 Å². The van der Waals surface area contributed by atoms with Crippen LogP contribution in [0.4, 0.5) is 0 Å². The average Bonchev–Trinajstić information content (AvgIpc) is 3.31. The van der Waals surface area contributed by atoms with Crippen LogP contribution in [-0.4, -0.2) is 33.7 Å². The first-order valence-corrected chi connectivity index (χ1v) is 13.0. The van der Waals surface area contributed by atoms with Crippen molar-refractivity contribution in [3.63, 3.8) is 0 Å². The number of rotatable bonds is 5. The second-order valence-corrected chi connectivity index (χ2v) is 10.3. The Kier molecular flexibility index (Phi) is 6.77. The van der Waals surface area contributed by atoms with Gasteiger partial charge in [0.2, 0.25) is 0 Å². The van der Waals surface area contributed by atoms with Crippen molar-refractivity contribution in [1.29, 1.82) is 0 Å². The van der Waals surface area contributed by atoms with E-state index in [0.29, 0.717) is 11.6 Å². The molecule has 184 valence electrons. The number of aryl methyl sites for hydroxylation is 4. The van der Waals surface area contributed by atoms with Crippen molar-refractivity contribution in [2.75, 3.05) is 13.1 Å². The Morgan fingerprint density at radius 2 is 1.58 bits per heavy atom. The summed E-state index contributed by atoms with van der Waals surface area (Å²) in [6, 6.07) is 25.3. The Balaban J connectivity index is 1.43. The molecule has 0 unspecified atom stereocenters. The molecule has 0 radical (unpaired) electrons. The summed E-state index contributed by atoms with van der Waals surface area (Å²) in [6.45, 7) is 9.98. The predicted molar refractivity (Wildman–Crippen MR) is 147 cm³/mol. The summed E-state index contributed by atoms with van der Waals surface area (Å²) in [5.74, 6) is 0.683. The van der Waals surface area contributed by atoms with Gasteiger partial charge in [0.25, 0.3) is 5.91 Å². The van der Waals surface area contributed by atoms with E-state index in [4.69, 9.17) is 5.10 Å². The number of carbonyl (C=O) groups is 1. The summed E-state index contributed by atoms with van der Waals surface area (Å²) >= 11 is 0. The number of hydrogen-bond acceptors (Lipinski definition) is 2. The van der Waals surface area contributed by atoms with Crippen LogP contribution in [0.15, 0.2) is 72.8 Å². The van der Waals surface area contributed by atoms with Gasteiger partial charge in [-0.15, -0.1) is 0 Å². The highest BCUT2D eigenvalue weighted by atomic mass is 16.2. The number of carbonyl (C=O) groups excluding carboxylic acids is 1. The van der Waals surface area contributed by atoms with Crippen LogP contribution < -0.4 is 0 Å². The summed E-state index contributed by atoms with van der Waals surface area (Å²) in [4.78, 5) is 15.9. The van der Waals surface area contributed by atoms with E-state index in [0.717, 1.165) is 54.9 Å². The first-order valence-electron chi connectivity index (χ1n) is 13.0. The molecule has 0 N–H and O–H groups in total. The van der Waals surface area contributed by atoms with Crippen LogP contribution in [0.5, 0.6) is 0 Å². The van der Waals surface area contributed by atoms with E-state index in [-0.39, 0.29) is 5.91 Å². The van der Waals surface area contributed by atoms with Crippen molar-refractivity contribution in [1.82, 2.24) is 14.7 Å². The van der Waals surface area contributed by atoms with Gasteiger partial charge in [-0.25, -0.2) is 4.68 Å². The second-order valence-electron chi connectivity index (χ2n) is 10.3. The Hall–Kier alpha value is -3.66. The third-order valence-electron chi connectivity index (χ3n) is 7.58. The fourth-order valence-corrected chi connectivity index (χ4v) is 5.25. The third-order valence-corrected chi connectivity index (χ3v) is 7.58. The van der Waals surface area contributed by atoms with Crippen LogP contribution in [-0.2, 0) is 6.42 Å². The van der Waals surface area contributed by atoms with E-state index in [1.165, 1.54) is 22.3 Å².